The Morgan fingerprint density at radius 2 is 1.91 bits per heavy atom. The smallest absolute Gasteiger partial charge is 0.191 e. The maximum atomic E-state index is 5.69. The Kier molecular flexibility index (Phi) is 7.26. The normalized spacial score (nSPS) is 11.1. The lowest BCUT2D eigenvalue weighted by Gasteiger charge is -2.12. The van der Waals surface area contributed by atoms with Crippen molar-refractivity contribution in [2.45, 2.75) is 13.0 Å². The van der Waals surface area contributed by atoms with Gasteiger partial charge in [0.1, 0.15) is 11.5 Å². The van der Waals surface area contributed by atoms with Crippen molar-refractivity contribution < 1.29 is 9.47 Å². The maximum absolute atomic E-state index is 5.69. The third-order valence-corrected chi connectivity index (χ3v) is 3.94. The number of methoxy groups -OCH3 is 1. The summed E-state index contributed by atoms with van der Waals surface area (Å²) in [5.74, 6) is 2.49. The SMILES string of the molecule is CN=C(NCCCOc1ccc(OC)cc1)NCc1ccsc1. The molecule has 1 heterocycles. The monoisotopic (exact) mass is 333 g/mol. The summed E-state index contributed by atoms with van der Waals surface area (Å²) >= 11 is 1.70. The van der Waals surface area contributed by atoms with Crippen molar-refractivity contribution >= 4 is 17.3 Å². The molecule has 0 fully saturated rings. The molecule has 1 aromatic heterocycles. The number of guanidine groups is 1. The van der Waals surface area contributed by atoms with Crippen LogP contribution in [0.1, 0.15) is 12.0 Å². The van der Waals surface area contributed by atoms with Crippen LogP contribution in [0.4, 0.5) is 0 Å². The van der Waals surface area contributed by atoms with E-state index in [1.165, 1.54) is 5.56 Å². The van der Waals surface area contributed by atoms with Gasteiger partial charge >= 0.3 is 0 Å². The summed E-state index contributed by atoms with van der Waals surface area (Å²) in [5.41, 5.74) is 1.26. The maximum Gasteiger partial charge on any atom is 0.191 e. The van der Waals surface area contributed by atoms with Crippen LogP contribution in [-0.2, 0) is 6.54 Å². The van der Waals surface area contributed by atoms with Crippen molar-refractivity contribution in [1.82, 2.24) is 10.6 Å². The van der Waals surface area contributed by atoms with Crippen LogP contribution >= 0.6 is 11.3 Å². The highest BCUT2D eigenvalue weighted by molar-refractivity contribution is 7.07. The zero-order chi connectivity index (χ0) is 16.3. The first-order chi connectivity index (χ1) is 11.3. The van der Waals surface area contributed by atoms with Crippen molar-refractivity contribution in [3.8, 4) is 11.5 Å². The minimum Gasteiger partial charge on any atom is -0.497 e. The minimum absolute atomic E-state index is 0.654. The van der Waals surface area contributed by atoms with Gasteiger partial charge in [-0.15, -0.1) is 0 Å². The number of rotatable bonds is 8. The van der Waals surface area contributed by atoms with Gasteiger partial charge in [-0.1, -0.05) is 0 Å². The summed E-state index contributed by atoms with van der Waals surface area (Å²) in [5, 5.41) is 10.8. The van der Waals surface area contributed by atoms with Gasteiger partial charge in [0.15, 0.2) is 5.96 Å². The first-order valence-corrected chi connectivity index (χ1v) is 8.48. The van der Waals surface area contributed by atoms with E-state index in [-0.39, 0.29) is 0 Å². The Hall–Kier alpha value is -2.21. The number of nitrogens with zero attached hydrogens (tertiary/aromatic N) is 1. The lowest BCUT2D eigenvalue weighted by molar-refractivity contribution is 0.310. The molecule has 0 aliphatic carbocycles. The van der Waals surface area contributed by atoms with Crippen LogP contribution < -0.4 is 20.1 Å². The molecular formula is C17H23N3O2S. The zero-order valence-corrected chi connectivity index (χ0v) is 14.4. The first-order valence-electron chi connectivity index (χ1n) is 7.54. The molecule has 0 aliphatic heterocycles. The van der Waals surface area contributed by atoms with Crippen LogP contribution in [0.2, 0.25) is 0 Å². The van der Waals surface area contributed by atoms with Crippen LogP contribution in [0.5, 0.6) is 11.5 Å². The van der Waals surface area contributed by atoms with Gasteiger partial charge in [-0.25, -0.2) is 0 Å². The summed E-state index contributed by atoms with van der Waals surface area (Å²) in [6.07, 6.45) is 0.894. The number of aliphatic imine (C=N–C) groups is 1. The number of nitrogens with one attached hydrogen (secondary N) is 2. The molecule has 2 N–H and O–H groups in total. The van der Waals surface area contributed by atoms with Crippen molar-refractivity contribution in [2.24, 2.45) is 4.99 Å². The highest BCUT2D eigenvalue weighted by Crippen LogP contribution is 2.16. The van der Waals surface area contributed by atoms with E-state index in [1.807, 2.05) is 24.3 Å². The average Bonchev–Trinajstić information content (AvgIpc) is 3.11. The molecule has 0 aliphatic rings. The van der Waals surface area contributed by atoms with Gasteiger partial charge in [0, 0.05) is 20.1 Å². The number of ether oxygens (including phenoxy) is 2. The molecule has 6 heteroatoms. The molecule has 0 saturated carbocycles. The molecular weight excluding hydrogens is 310 g/mol. The van der Waals surface area contributed by atoms with E-state index in [2.05, 4.69) is 32.5 Å². The molecule has 2 aromatic rings. The Morgan fingerprint density at radius 3 is 2.57 bits per heavy atom. The zero-order valence-electron chi connectivity index (χ0n) is 13.5. The van der Waals surface area contributed by atoms with Crippen LogP contribution in [0, 0.1) is 0 Å². The van der Waals surface area contributed by atoms with E-state index in [0.717, 1.165) is 37.0 Å². The number of benzene rings is 1. The molecule has 0 spiro atoms. The second-order valence-corrected chi connectivity index (χ2v) is 5.64. The largest absolute Gasteiger partial charge is 0.497 e. The molecule has 23 heavy (non-hydrogen) atoms. The molecule has 5 nitrogen and oxygen atoms in total. The number of thiophene rings is 1. The molecule has 0 bridgehead atoms. The Balaban J connectivity index is 1.59. The van der Waals surface area contributed by atoms with Crippen LogP contribution in [0.25, 0.3) is 0 Å². The van der Waals surface area contributed by atoms with E-state index < -0.39 is 0 Å². The second-order valence-electron chi connectivity index (χ2n) is 4.86. The summed E-state index contributed by atoms with van der Waals surface area (Å²) in [6.45, 7) is 2.24. The Labute approximate surface area is 141 Å². The van der Waals surface area contributed by atoms with Crippen LogP contribution in [0.3, 0.4) is 0 Å². The average molecular weight is 333 g/mol. The van der Waals surface area contributed by atoms with E-state index in [1.54, 1.807) is 25.5 Å². The van der Waals surface area contributed by atoms with Crippen LogP contribution in [-0.4, -0.2) is 33.3 Å². The Bertz CT molecular complexity index is 582. The summed E-state index contributed by atoms with van der Waals surface area (Å²) in [6, 6.07) is 9.71. The topological polar surface area (TPSA) is 54.9 Å². The van der Waals surface area contributed by atoms with E-state index in [9.17, 15) is 0 Å². The molecule has 0 atom stereocenters. The van der Waals surface area contributed by atoms with Gasteiger partial charge in [-0.3, -0.25) is 4.99 Å². The second kappa shape index (κ2) is 9.74. The molecule has 1 aromatic carbocycles. The molecule has 0 saturated heterocycles. The van der Waals surface area contributed by atoms with Crippen molar-refractivity contribution in [3.05, 3.63) is 46.7 Å². The number of hydrogen-bond donors (Lipinski definition) is 2. The highest BCUT2D eigenvalue weighted by atomic mass is 32.1. The van der Waals surface area contributed by atoms with Crippen molar-refractivity contribution in [3.63, 3.8) is 0 Å². The number of hydrogen-bond acceptors (Lipinski definition) is 4. The fourth-order valence-corrected chi connectivity index (χ4v) is 2.61. The summed E-state index contributed by atoms with van der Waals surface area (Å²) in [4.78, 5) is 4.21. The van der Waals surface area contributed by atoms with Gasteiger partial charge in [-0.05, 0) is 53.1 Å². The molecule has 124 valence electrons. The lowest BCUT2D eigenvalue weighted by Crippen LogP contribution is -2.37. The molecule has 0 radical (unpaired) electrons. The van der Waals surface area contributed by atoms with Crippen molar-refractivity contribution in [2.75, 3.05) is 27.3 Å². The fourth-order valence-electron chi connectivity index (χ4n) is 1.94. The van der Waals surface area contributed by atoms with Gasteiger partial charge in [0.25, 0.3) is 0 Å². The predicted molar refractivity (Wildman–Crippen MR) is 95.6 cm³/mol. The van der Waals surface area contributed by atoms with E-state index in [0.29, 0.717) is 6.61 Å². The molecule has 2 rings (SSSR count). The third kappa shape index (κ3) is 6.20. The van der Waals surface area contributed by atoms with Gasteiger partial charge < -0.3 is 20.1 Å². The summed E-state index contributed by atoms with van der Waals surface area (Å²) in [7, 11) is 3.43. The van der Waals surface area contributed by atoms with E-state index >= 15 is 0 Å². The van der Waals surface area contributed by atoms with Gasteiger partial charge in [-0.2, -0.15) is 11.3 Å². The lowest BCUT2D eigenvalue weighted by atomic mass is 10.3. The predicted octanol–water partition coefficient (Wildman–Crippen LogP) is 2.89. The summed E-state index contributed by atoms with van der Waals surface area (Å²) < 4.78 is 10.8. The Morgan fingerprint density at radius 1 is 1.13 bits per heavy atom. The highest BCUT2D eigenvalue weighted by Gasteiger charge is 1.99. The standard InChI is InChI=1S/C17H23N3O2S/c1-18-17(20-12-14-8-11-23-13-14)19-9-3-10-22-16-6-4-15(21-2)5-7-16/h4-8,11,13H,3,9-10,12H2,1-2H3,(H2,18,19,20). The van der Waals surface area contributed by atoms with Gasteiger partial charge in [0.05, 0.1) is 13.7 Å². The third-order valence-electron chi connectivity index (χ3n) is 3.21. The quantitative estimate of drug-likeness (QED) is 0.443. The molecule has 0 amide bonds. The minimum atomic E-state index is 0.654. The van der Waals surface area contributed by atoms with Crippen LogP contribution in [0.15, 0.2) is 46.1 Å². The van der Waals surface area contributed by atoms with E-state index in [4.69, 9.17) is 9.47 Å². The fraction of sp³-hybridized carbons (Fsp3) is 0.353. The van der Waals surface area contributed by atoms with Crippen molar-refractivity contribution in [1.29, 1.82) is 0 Å². The first kappa shape index (κ1) is 17.1. The van der Waals surface area contributed by atoms with Gasteiger partial charge in [0.2, 0.25) is 0 Å². The molecule has 0 unspecified atom stereocenters.